The van der Waals surface area contributed by atoms with Crippen LogP contribution in [0.15, 0.2) is 65.0 Å². The lowest BCUT2D eigenvalue weighted by Crippen LogP contribution is -2.44. The van der Waals surface area contributed by atoms with E-state index < -0.39 is 11.9 Å². The van der Waals surface area contributed by atoms with Crippen molar-refractivity contribution in [2.24, 2.45) is 10.8 Å². The summed E-state index contributed by atoms with van der Waals surface area (Å²) in [6, 6.07) is 12.0. The summed E-state index contributed by atoms with van der Waals surface area (Å²) in [5.41, 5.74) is 4.91. The predicted molar refractivity (Wildman–Crippen MR) is 165 cm³/mol. The molecule has 43 heavy (non-hydrogen) atoms. The van der Waals surface area contributed by atoms with E-state index in [0.717, 1.165) is 41.8 Å². The van der Waals surface area contributed by atoms with Crippen LogP contribution >= 0.6 is 11.6 Å². The van der Waals surface area contributed by atoms with Crippen LogP contribution in [-0.4, -0.2) is 47.8 Å². The number of nitrogens with zero attached hydrogens (tertiary/aromatic N) is 1. The third-order valence-corrected chi connectivity index (χ3v) is 8.93. The number of aromatic carboxylic acids is 1. The standard InChI is InChI=1S/C35H40ClNO6/c1-34(2)16-25-31(27(38)18-34)30(32-26(37(25)13-6-14-42-5)17-35(3,4)19-28(32)39)23-11-12-29(24(36)15-23)43-20-21-7-9-22(10-8-21)33(40)41/h7-12,15,30H,6,13-14,16-20H2,1-5H3,(H,40,41). The van der Waals surface area contributed by atoms with Gasteiger partial charge in [-0.2, -0.15) is 0 Å². The van der Waals surface area contributed by atoms with E-state index in [1.807, 2.05) is 12.1 Å². The van der Waals surface area contributed by atoms with Crippen molar-refractivity contribution < 1.29 is 29.0 Å². The molecule has 0 aromatic heterocycles. The molecule has 8 heteroatoms. The fourth-order valence-corrected chi connectivity index (χ4v) is 6.98. The predicted octanol–water partition coefficient (Wildman–Crippen LogP) is 7.34. The molecule has 0 spiro atoms. The van der Waals surface area contributed by atoms with Gasteiger partial charge in [0.2, 0.25) is 0 Å². The van der Waals surface area contributed by atoms with Gasteiger partial charge in [-0.05, 0) is 65.5 Å². The number of rotatable bonds is 9. The van der Waals surface area contributed by atoms with E-state index in [1.165, 1.54) is 12.1 Å². The molecule has 1 heterocycles. The minimum atomic E-state index is -0.983. The van der Waals surface area contributed by atoms with Crippen molar-refractivity contribution in [3.05, 3.63) is 86.7 Å². The lowest BCUT2D eigenvalue weighted by molar-refractivity contribution is -0.119. The number of Topliss-reactive ketones (excluding diaryl/α,β-unsaturated/α-hetero) is 2. The lowest BCUT2D eigenvalue weighted by Gasteiger charge is -2.49. The molecule has 0 radical (unpaired) electrons. The number of hydrogen-bond acceptors (Lipinski definition) is 6. The maximum Gasteiger partial charge on any atom is 0.335 e. The highest BCUT2D eigenvalue weighted by Crippen LogP contribution is 2.54. The van der Waals surface area contributed by atoms with Crippen LogP contribution in [0.25, 0.3) is 0 Å². The topological polar surface area (TPSA) is 93.1 Å². The number of carbonyl (C=O) groups excluding carboxylic acids is 2. The zero-order valence-electron chi connectivity index (χ0n) is 25.6. The van der Waals surface area contributed by atoms with E-state index in [2.05, 4.69) is 32.6 Å². The molecule has 0 atom stereocenters. The van der Waals surface area contributed by atoms with E-state index in [9.17, 15) is 14.4 Å². The van der Waals surface area contributed by atoms with Gasteiger partial charge in [0.15, 0.2) is 11.6 Å². The zero-order valence-corrected chi connectivity index (χ0v) is 26.3. The van der Waals surface area contributed by atoms with Gasteiger partial charge in [-0.25, -0.2) is 4.79 Å². The SMILES string of the molecule is COCCCN1C2=C(C(=O)CC(C)(C)C2)C(c2ccc(OCc3ccc(C(=O)O)cc3)c(Cl)c2)C2=C1CC(C)(C)CC2=O. The van der Waals surface area contributed by atoms with Crippen LogP contribution in [0.5, 0.6) is 5.75 Å². The third kappa shape index (κ3) is 6.43. The van der Waals surface area contributed by atoms with Crippen LogP contribution < -0.4 is 4.74 Å². The number of carbonyl (C=O) groups is 3. The van der Waals surface area contributed by atoms with Crippen LogP contribution in [0.2, 0.25) is 5.02 Å². The molecule has 0 fully saturated rings. The molecule has 3 aliphatic rings. The largest absolute Gasteiger partial charge is 0.487 e. The summed E-state index contributed by atoms with van der Waals surface area (Å²) in [6.07, 6.45) is 3.13. The first-order valence-corrected chi connectivity index (χ1v) is 15.2. The Bertz CT molecular complexity index is 1460. The van der Waals surface area contributed by atoms with Crippen molar-refractivity contribution >= 4 is 29.1 Å². The minimum Gasteiger partial charge on any atom is -0.487 e. The average molecular weight is 606 g/mol. The van der Waals surface area contributed by atoms with Gasteiger partial charge in [-0.15, -0.1) is 0 Å². The molecule has 5 rings (SSSR count). The summed E-state index contributed by atoms with van der Waals surface area (Å²) in [7, 11) is 1.69. The van der Waals surface area contributed by atoms with Gasteiger partial charge in [0.25, 0.3) is 0 Å². The molecule has 228 valence electrons. The number of benzene rings is 2. The molecule has 0 amide bonds. The number of allylic oxidation sites excluding steroid dienone is 4. The highest BCUT2D eigenvalue weighted by molar-refractivity contribution is 6.32. The Labute approximate surface area is 258 Å². The van der Waals surface area contributed by atoms with Gasteiger partial charge in [0, 0.05) is 61.6 Å². The van der Waals surface area contributed by atoms with Crippen molar-refractivity contribution in [1.29, 1.82) is 0 Å². The van der Waals surface area contributed by atoms with Crippen molar-refractivity contribution in [3.63, 3.8) is 0 Å². The van der Waals surface area contributed by atoms with Crippen LogP contribution in [-0.2, 0) is 20.9 Å². The Hall–Kier alpha value is -3.42. The molecular weight excluding hydrogens is 566 g/mol. The quantitative estimate of drug-likeness (QED) is 0.299. The maximum atomic E-state index is 14.0. The van der Waals surface area contributed by atoms with Gasteiger partial charge in [0.05, 0.1) is 10.6 Å². The number of carboxylic acids is 1. The summed E-state index contributed by atoms with van der Waals surface area (Å²) < 4.78 is 11.4. The van der Waals surface area contributed by atoms with Gasteiger partial charge < -0.3 is 19.5 Å². The van der Waals surface area contributed by atoms with Gasteiger partial charge in [-0.3, -0.25) is 9.59 Å². The number of ether oxygens (including phenoxy) is 2. The molecular formula is C35H40ClNO6. The third-order valence-electron chi connectivity index (χ3n) is 8.64. The summed E-state index contributed by atoms with van der Waals surface area (Å²) in [5, 5.41) is 9.53. The van der Waals surface area contributed by atoms with E-state index >= 15 is 0 Å². The van der Waals surface area contributed by atoms with E-state index in [-0.39, 0.29) is 34.6 Å². The van der Waals surface area contributed by atoms with E-state index in [0.29, 0.717) is 47.9 Å². The smallest absolute Gasteiger partial charge is 0.335 e. The molecule has 2 aromatic rings. The molecule has 0 unspecified atom stereocenters. The van der Waals surface area contributed by atoms with Crippen LogP contribution in [0.4, 0.5) is 0 Å². The van der Waals surface area contributed by atoms with Crippen molar-refractivity contribution in [2.45, 2.75) is 72.3 Å². The molecule has 0 saturated heterocycles. The Morgan fingerprint density at radius 1 is 0.930 bits per heavy atom. The molecule has 2 aromatic carbocycles. The Balaban J connectivity index is 1.54. The molecule has 7 nitrogen and oxygen atoms in total. The highest BCUT2D eigenvalue weighted by Gasteiger charge is 2.48. The second-order valence-corrected chi connectivity index (χ2v) is 13.9. The van der Waals surface area contributed by atoms with Gasteiger partial charge in [-0.1, -0.05) is 57.5 Å². The van der Waals surface area contributed by atoms with Crippen LogP contribution in [0.1, 0.15) is 87.2 Å². The number of ketones is 2. The minimum absolute atomic E-state index is 0.0819. The lowest BCUT2D eigenvalue weighted by atomic mass is 9.63. The van der Waals surface area contributed by atoms with Crippen LogP contribution in [0, 0.1) is 10.8 Å². The number of methoxy groups -OCH3 is 1. The number of carboxylic acid groups (broad SMARTS) is 1. The molecule has 2 aliphatic carbocycles. The first-order valence-electron chi connectivity index (χ1n) is 14.8. The zero-order chi connectivity index (χ0) is 31.1. The average Bonchev–Trinajstić information content (AvgIpc) is 2.91. The van der Waals surface area contributed by atoms with Crippen molar-refractivity contribution in [1.82, 2.24) is 4.90 Å². The second-order valence-electron chi connectivity index (χ2n) is 13.5. The Morgan fingerprint density at radius 2 is 1.51 bits per heavy atom. The summed E-state index contributed by atoms with van der Waals surface area (Å²) in [6.45, 7) is 10.0. The fraction of sp³-hybridized carbons (Fsp3) is 0.457. The normalized spacial score (nSPS) is 19.8. The van der Waals surface area contributed by atoms with Crippen molar-refractivity contribution in [3.8, 4) is 5.75 Å². The van der Waals surface area contributed by atoms with E-state index in [1.54, 1.807) is 25.3 Å². The van der Waals surface area contributed by atoms with E-state index in [4.69, 9.17) is 26.2 Å². The number of halogens is 1. The molecule has 1 N–H and O–H groups in total. The molecule has 0 bridgehead atoms. The monoisotopic (exact) mass is 605 g/mol. The summed E-state index contributed by atoms with van der Waals surface area (Å²) in [4.78, 5) is 41.3. The first kappa shape index (κ1) is 31.0. The maximum absolute atomic E-state index is 14.0. The Kier molecular flexibility index (Phi) is 8.61. The van der Waals surface area contributed by atoms with Crippen LogP contribution in [0.3, 0.4) is 0 Å². The first-order chi connectivity index (χ1) is 20.3. The Morgan fingerprint density at radius 3 is 2.02 bits per heavy atom. The van der Waals surface area contributed by atoms with Gasteiger partial charge in [0.1, 0.15) is 12.4 Å². The highest BCUT2D eigenvalue weighted by atomic mass is 35.5. The summed E-state index contributed by atoms with van der Waals surface area (Å²) >= 11 is 6.78. The molecule has 0 saturated carbocycles. The second kappa shape index (κ2) is 11.9. The molecule has 1 aliphatic heterocycles. The fourth-order valence-electron chi connectivity index (χ4n) is 6.74. The summed E-state index contributed by atoms with van der Waals surface area (Å²) in [5.74, 6) is -0.827. The number of hydrogen-bond donors (Lipinski definition) is 1. The van der Waals surface area contributed by atoms with Crippen molar-refractivity contribution in [2.75, 3.05) is 20.3 Å². The van der Waals surface area contributed by atoms with Gasteiger partial charge >= 0.3 is 5.97 Å².